The topological polar surface area (TPSA) is 66.5 Å². The number of nitrogens with zero attached hydrogens (tertiary/aromatic N) is 1. The Morgan fingerprint density at radius 3 is 2.07 bits per heavy atom. The Morgan fingerprint density at radius 2 is 1.50 bits per heavy atom. The number of hydrogen-bond donors (Lipinski definition) is 1. The normalized spacial score (nSPS) is 14.0. The van der Waals surface area contributed by atoms with E-state index in [9.17, 15) is 13.2 Å². The van der Waals surface area contributed by atoms with E-state index in [1.165, 1.54) is 0 Å². The molecule has 0 saturated heterocycles. The Hall–Kier alpha value is -2.34. The average Bonchev–Trinajstić information content (AvgIpc) is 2.63. The summed E-state index contributed by atoms with van der Waals surface area (Å²) in [7, 11) is -3.72. The Bertz CT molecular complexity index is 1040. The van der Waals surface area contributed by atoms with E-state index in [1.54, 1.807) is 17.9 Å². The molecule has 0 spiro atoms. The van der Waals surface area contributed by atoms with Gasteiger partial charge in [0.15, 0.2) is 0 Å². The zero-order valence-electron chi connectivity index (χ0n) is 17.4. The SMILES string of the molecule is CC(=O)N1CCc2ccc(NS(=O)(=O)c3c(C)c(C)c(C)c(C)c3C)cc2C1. The summed E-state index contributed by atoms with van der Waals surface area (Å²) in [5.41, 5.74) is 7.40. The molecule has 1 aliphatic rings. The smallest absolute Gasteiger partial charge is 0.262 e. The first-order valence-electron chi connectivity index (χ1n) is 9.50. The van der Waals surface area contributed by atoms with Crippen molar-refractivity contribution in [3.63, 3.8) is 0 Å². The van der Waals surface area contributed by atoms with E-state index in [0.717, 1.165) is 45.4 Å². The summed E-state index contributed by atoms with van der Waals surface area (Å²) < 4.78 is 29.2. The molecule has 0 fully saturated rings. The summed E-state index contributed by atoms with van der Waals surface area (Å²) in [6.45, 7) is 12.5. The van der Waals surface area contributed by atoms with E-state index in [2.05, 4.69) is 4.72 Å². The predicted molar refractivity (Wildman–Crippen MR) is 112 cm³/mol. The van der Waals surface area contributed by atoms with Gasteiger partial charge in [0.2, 0.25) is 5.91 Å². The largest absolute Gasteiger partial charge is 0.338 e. The summed E-state index contributed by atoms with van der Waals surface area (Å²) in [6.07, 6.45) is 0.788. The van der Waals surface area contributed by atoms with Gasteiger partial charge in [-0.15, -0.1) is 0 Å². The van der Waals surface area contributed by atoms with Gasteiger partial charge in [-0.1, -0.05) is 6.07 Å². The Balaban J connectivity index is 1.99. The maximum absolute atomic E-state index is 13.2. The van der Waals surface area contributed by atoms with Crippen molar-refractivity contribution in [2.45, 2.75) is 59.4 Å². The second kappa shape index (κ2) is 7.24. The van der Waals surface area contributed by atoms with Gasteiger partial charge >= 0.3 is 0 Å². The summed E-state index contributed by atoms with van der Waals surface area (Å²) in [4.78, 5) is 13.8. The highest BCUT2D eigenvalue weighted by Crippen LogP contribution is 2.31. The number of rotatable bonds is 3. The summed E-state index contributed by atoms with van der Waals surface area (Å²) in [5, 5.41) is 0. The zero-order valence-corrected chi connectivity index (χ0v) is 18.3. The van der Waals surface area contributed by atoms with Crippen LogP contribution in [-0.2, 0) is 27.8 Å². The van der Waals surface area contributed by atoms with Crippen LogP contribution in [0.3, 0.4) is 0 Å². The first-order chi connectivity index (χ1) is 13.0. The van der Waals surface area contributed by atoms with Crippen LogP contribution in [0, 0.1) is 34.6 Å². The molecule has 0 aliphatic carbocycles. The predicted octanol–water partition coefficient (Wildman–Crippen LogP) is 3.93. The van der Waals surface area contributed by atoms with Gasteiger partial charge in [0, 0.05) is 25.7 Å². The number of sulfonamides is 1. The first kappa shape index (κ1) is 20.4. The first-order valence-corrected chi connectivity index (χ1v) is 11.0. The van der Waals surface area contributed by atoms with Crippen LogP contribution in [0.2, 0.25) is 0 Å². The van der Waals surface area contributed by atoms with E-state index in [4.69, 9.17) is 0 Å². The molecule has 150 valence electrons. The van der Waals surface area contributed by atoms with Crippen LogP contribution < -0.4 is 4.72 Å². The Kier molecular flexibility index (Phi) is 5.28. The van der Waals surface area contributed by atoms with Gasteiger partial charge in [0.05, 0.1) is 4.90 Å². The summed E-state index contributed by atoms with van der Waals surface area (Å²) in [5.74, 6) is 0.0356. The summed E-state index contributed by atoms with van der Waals surface area (Å²) >= 11 is 0. The van der Waals surface area contributed by atoms with Gasteiger partial charge in [-0.05, 0) is 92.1 Å². The maximum Gasteiger partial charge on any atom is 0.262 e. The van der Waals surface area contributed by atoms with Gasteiger partial charge < -0.3 is 4.90 Å². The van der Waals surface area contributed by atoms with Crippen LogP contribution in [0.15, 0.2) is 23.1 Å². The fourth-order valence-electron chi connectivity index (χ4n) is 3.96. The van der Waals surface area contributed by atoms with Crippen molar-refractivity contribution < 1.29 is 13.2 Å². The van der Waals surface area contributed by atoms with Crippen molar-refractivity contribution in [1.82, 2.24) is 4.90 Å². The molecule has 6 heteroatoms. The van der Waals surface area contributed by atoms with Crippen LogP contribution in [0.1, 0.15) is 45.9 Å². The van der Waals surface area contributed by atoms with Crippen molar-refractivity contribution in [3.8, 4) is 0 Å². The Morgan fingerprint density at radius 1 is 0.929 bits per heavy atom. The highest BCUT2D eigenvalue weighted by molar-refractivity contribution is 7.92. The molecule has 5 nitrogen and oxygen atoms in total. The molecule has 0 unspecified atom stereocenters. The number of fused-ring (bicyclic) bond motifs is 1. The van der Waals surface area contributed by atoms with E-state index in [-0.39, 0.29) is 5.91 Å². The number of carbonyl (C=O) groups excluding carboxylic acids is 1. The van der Waals surface area contributed by atoms with Gasteiger partial charge in [0.25, 0.3) is 10.0 Å². The van der Waals surface area contributed by atoms with Crippen LogP contribution >= 0.6 is 0 Å². The third-order valence-electron chi connectivity index (χ3n) is 6.12. The molecule has 1 heterocycles. The van der Waals surface area contributed by atoms with Crippen molar-refractivity contribution in [3.05, 3.63) is 57.1 Å². The molecule has 0 aromatic heterocycles. The lowest BCUT2D eigenvalue weighted by Gasteiger charge is -2.28. The van der Waals surface area contributed by atoms with E-state index < -0.39 is 10.0 Å². The third-order valence-corrected chi connectivity index (χ3v) is 7.77. The molecule has 28 heavy (non-hydrogen) atoms. The zero-order chi connectivity index (χ0) is 20.8. The van der Waals surface area contributed by atoms with Crippen molar-refractivity contribution >= 4 is 21.6 Å². The maximum atomic E-state index is 13.2. The molecule has 0 atom stereocenters. The highest BCUT2D eigenvalue weighted by Gasteiger charge is 2.25. The fraction of sp³-hybridized carbons (Fsp3) is 0.409. The van der Waals surface area contributed by atoms with Crippen molar-refractivity contribution in [2.75, 3.05) is 11.3 Å². The number of hydrogen-bond acceptors (Lipinski definition) is 3. The second-order valence-corrected chi connectivity index (χ2v) is 9.35. The van der Waals surface area contributed by atoms with Crippen LogP contribution in [0.25, 0.3) is 0 Å². The number of carbonyl (C=O) groups is 1. The molecule has 2 aromatic carbocycles. The lowest BCUT2D eigenvalue weighted by molar-refractivity contribution is -0.129. The lowest BCUT2D eigenvalue weighted by Crippen LogP contribution is -2.34. The molecular formula is C22H28N2O3S. The molecule has 1 aliphatic heterocycles. The average molecular weight is 401 g/mol. The van der Waals surface area contributed by atoms with E-state index in [1.807, 2.05) is 46.8 Å². The monoisotopic (exact) mass is 400 g/mol. The van der Waals surface area contributed by atoms with E-state index in [0.29, 0.717) is 23.7 Å². The standard InChI is InChI=1S/C22H28N2O3S/c1-13-14(2)16(4)22(17(5)15(13)3)28(26,27)23-21-8-7-19-9-10-24(18(6)25)12-20(19)11-21/h7-8,11,23H,9-10,12H2,1-6H3. The minimum atomic E-state index is -3.72. The third kappa shape index (κ3) is 3.53. The highest BCUT2D eigenvalue weighted by atomic mass is 32.2. The molecular weight excluding hydrogens is 372 g/mol. The quantitative estimate of drug-likeness (QED) is 0.849. The molecule has 0 bridgehead atoms. The van der Waals surface area contributed by atoms with E-state index >= 15 is 0 Å². The molecule has 3 rings (SSSR count). The lowest BCUT2D eigenvalue weighted by atomic mass is 9.95. The molecule has 1 N–H and O–H groups in total. The van der Waals surface area contributed by atoms with Crippen LogP contribution in [-0.4, -0.2) is 25.8 Å². The minimum Gasteiger partial charge on any atom is -0.338 e. The van der Waals surface area contributed by atoms with Crippen LogP contribution in [0.5, 0.6) is 0 Å². The summed E-state index contributed by atoms with van der Waals surface area (Å²) in [6, 6.07) is 5.61. The molecule has 0 radical (unpaired) electrons. The van der Waals surface area contributed by atoms with Gasteiger partial charge in [-0.25, -0.2) is 8.42 Å². The second-order valence-electron chi connectivity index (χ2n) is 7.73. The van der Waals surface area contributed by atoms with Crippen molar-refractivity contribution in [2.24, 2.45) is 0 Å². The fourth-order valence-corrected chi connectivity index (χ4v) is 5.62. The molecule has 1 amide bonds. The van der Waals surface area contributed by atoms with Crippen molar-refractivity contribution in [1.29, 1.82) is 0 Å². The number of nitrogens with one attached hydrogen (secondary N) is 1. The molecule has 2 aromatic rings. The molecule has 0 saturated carbocycles. The van der Waals surface area contributed by atoms with Gasteiger partial charge in [0.1, 0.15) is 0 Å². The number of amides is 1. The minimum absolute atomic E-state index is 0.0356. The van der Waals surface area contributed by atoms with Gasteiger partial charge in [-0.2, -0.15) is 0 Å². The van der Waals surface area contributed by atoms with Gasteiger partial charge in [-0.3, -0.25) is 9.52 Å². The Labute approximate surface area is 167 Å². The van der Waals surface area contributed by atoms with Crippen LogP contribution in [0.4, 0.5) is 5.69 Å². The number of benzene rings is 2. The number of anilines is 1.